The summed E-state index contributed by atoms with van der Waals surface area (Å²) < 4.78 is 1.98. The van der Waals surface area contributed by atoms with Crippen LogP contribution in [-0.4, -0.2) is 34.6 Å². The first-order valence-electron chi connectivity index (χ1n) is 6.22. The van der Waals surface area contributed by atoms with Crippen LogP contribution in [0.3, 0.4) is 0 Å². The molecule has 0 saturated carbocycles. The van der Waals surface area contributed by atoms with Crippen LogP contribution < -0.4 is 10.6 Å². The fraction of sp³-hybridized carbons (Fsp3) is 0.667. The van der Waals surface area contributed by atoms with Crippen molar-refractivity contribution >= 4 is 30.7 Å². The van der Waals surface area contributed by atoms with E-state index in [0.29, 0.717) is 0 Å². The average Bonchev–Trinajstić information content (AvgIpc) is 2.82. The van der Waals surface area contributed by atoms with Gasteiger partial charge < -0.3 is 15.2 Å². The van der Waals surface area contributed by atoms with Gasteiger partial charge in [0.2, 0.25) is 5.91 Å². The standard InChI is InChI=1S/C12H20N4O.2ClH/c1-10(8-16-7-6-14-9-16)15-12(17)11-2-4-13-5-3-11;;/h6-7,9-11,13H,2-5,8H2,1H3,(H,15,17);2*1H. The number of rotatable bonds is 4. The van der Waals surface area contributed by atoms with Crippen LogP contribution in [0.2, 0.25) is 0 Å². The van der Waals surface area contributed by atoms with Gasteiger partial charge in [-0.3, -0.25) is 4.79 Å². The zero-order valence-corrected chi connectivity index (χ0v) is 12.7. The van der Waals surface area contributed by atoms with Gasteiger partial charge in [-0.15, -0.1) is 24.8 Å². The molecule has 1 aromatic heterocycles. The maximum absolute atomic E-state index is 12.0. The first kappa shape index (κ1) is 18.2. The van der Waals surface area contributed by atoms with Gasteiger partial charge in [0.15, 0.2) is 0 Å². The molecular weight excluding hydrogens is 287 g/mol. The second-order valence-corrected chi connectivity index (χ2v) is 4.69. The van der Waals surface area contributed by atoms with E-state index in [4.69, 9.17) is 0 Å². The van der Waals surface area contributed by atoms with Gasteiger partial charge in [0.05, 0.1) is 6.33 Å². The average molecular weight is 309 g/mol. The molecule has 1 saturated heterocycles. The van der Waals surface area contributed by atoms with Crippen molar-refractivity contribution in [3.63, 3.8) is 0 Å². The van der Waals surface area contributed by atoms with Crippen LogP contribution in [-0.2, 0) is 11.3 Å². The van der Waals surface area contributed by atoms with Crippen molar-refractivity contribution in [2.45, 2.75) is 32.4 Å². The van der Waals surface area contributed by atoms with Gasteiger partial charge >= 0.3 is 0 Å². The molecule has 110 valence electrons. The van der Waals surface area contributed by atoms with Crippen LogP contribution in [0.4, 0.5) is 0 Å². The van der Waals surface area contributed by atoms with Crippen LogP contribution in [0.25, 0.3) is 0 Å². The SMILES string of the molecule is CC(Cn1ccnc1)NC(=O)C1CCNCC1.Cl.Cl. The highest BCUT2D eigenvalue weighted by atomic mass is 35.5. The molecule has 0 aliphatic carbocycles. The third-order valence-electron chi connectivity index (χ3n) is 3.14. The van der Waals surface area contributed by atoms with Gasteiger partial charge in [-0.1, -0.05) is 0 Å². The minimum absolute atomic E-state index is 0. The number of hydrogen-bond acceptors (Lipinski definition) is 3. The number of carbonyl (C=O) groups is 1. The number of halogens is 2. The van der Waals surface area contributed by atoms with E-state index in [0.717, 1.165) is 32.5 Å². The van der Waals surface area contributed by atoms with Crippen LogP contribution in [0, 0.1) is 5.92 Å². The molecule has 1 fully saturated rings. The lowest BCUT2D eigenvalue weighted by Crippen LogP contribution is -2.42. The topological polar surface area (TPSA) is 59.0 Å². The van der Waals surface area contributed by atoms with E-state index >= 15 is 0 Å². The molecule has 0 aromatic carbocycles. The van der Waals surface area contributed by atoms with Gasteiger partial charge in [0, 0.05) is 30.9 Å². The Labute approximate surface area is 126 Å². The number of imidazole rings is 1. The lowest BCUT2D eigenvalue weighted by atomic mass is 9.97. The maximum Gasteiger partial charge on any atom is 0.223 e. The van der Waals surface area contributed by atoms with Gasteiger partial charge in [-0.25, -0.2) is 4.98 Å². The number of nitrogens with zero attached hydrogens (tertiary/aromatic N) is 2. The first-order chi connectivity index (χ1) is 8.25. The number of piperidine rings is 1. The van der Waals surface area contributed by atoms with Crippen LogP contribution in [0.1, 0.15) is 19.8 Å². The second kappa shape index (κ2) is 9.18. The molecule has 7 heteroatoms. The number of nitrogens with one attached hydrogen (secondary N) is 2. The molecule has 19 heavy (non-hydrogen) atoms. The van der Waals surface area contributed by atoms with Crippen molar-refractivity contribution in [1.29, 1.82) is 0 Å². The lowest BCUT2D eigenvalue weighted by Gasteiger charge is -2.24. The summed E-state index contributed by atoms with van der Waals surface area (Å²) in [7, 11) is 0. The monoisotopic (exact) mass is 308 g/mol. The summed E-state index contributed by atoms with van der Waals surface area (Å²) in [6.45, 7) is 4.71. The van der Waals surface area contributed by atoms with Gasteiger partial charge in [0.25, 0.3) is 0 Å². The summed E-state index contributed by atoms with van der Waals surface area (Å²) >= 11 is 0. The Kier molecular flexibility index (Phi) is 8.80. The summed E-state index contributed by atoms with van der Waals surface area (Å²) in [6.07, 6.45) is 7.33. The quantitative estimate of drug-likeness (QED) is 0.879. The molecule has 0 spiro atoms. The van der Waals surface area contributed by atoms with Crippen molar-refractivity contribution in [2.75, 3.05) is 13.1 Å². The van der Waals surface area contributed by atoms with Crippen molar-refractivity contribution in [2.24, 2.45) is 5.92 Å². The molecule has 0 bridgehead atoms. The highest BCUT2D eigenvalue weighted by Crippen LogP contribution is 2.11. The fourth-order valence-corrected chi connectivity index (χ4v) is 2.20. The Hall–Kier alpha value is -0.780. The summed E-state index contributed by atoms with van der Waals surface area (Å²) in [4.78, 5) is 16.0. The van der Waals surface area contributed by atoms with Gasteiger partial charge in [0.1, 0.15) is 0 Å². The largest absolute Gasteiger partial charge is 0.352 e. The second-order valence-electron chi connectivity index (χ2n) is 4.69. The molecule has 1 aliphatic rings. The smallest absolute Gasteiger partial charge is 0.223 e. The minimum Gasteiger partial charge on any atom is -0.352 e. The van der Waals surface area contributed by atoms with Gasteiger partial charge in [-0.2, -0.15) is 0 Å². The molecular formula is C12H22Cl2N4O. The highest BCUT2D eigenvalue weighted by molar-refractivity contribution is 5.85. The van der Waals surface area contributed by atoms with Crippen LogP contribution in [0.15, 0.2) is 18.7 Å². The third kappa shape index (κ3) is 5.80. The summed E-state index contributed by atoms with van der Waals surface area (Å²) in [6, 6.07) is 0.145. The van der Waals surface area contributed by atoms with E-state index in [9.17, 15) is 4.79 Å². The molecule has 1 atom stereocenters. The molecule has 2 heterocycles. The van der Waals surface area contributed by atoms with E-state index < -0.39 is 0 Å². The highest BCUT2D eigenvalue weighted by Gasteiger charge is 2.21. The summed E-state index contributed by atoms with van der Waals surface area (Å²) in [5.41, 5.74) is 0. The van der Waals surface area contributed by atoms with Crippen LogP contribution >= 0.6 is 24.8 Å². The van der Waals surface area contributed by atoms with E-state index in [1.165, 1.54) is 0 Å². The lowest BCUT2D eigenvalue weighted by molar-refractivity contribution is -0.126. The minimum atomic E-state index is 0. The van der Waals surface area contributed by atoms with Gasteiger partial charge in [-0.05, 0) is 32.9 Å². The Morgan fingerprint density at radius 2 is 2.16 bits per heavy atom. The molecule has 1 aromatic rings. The molecule has 1 unspecified atom stereocenters. The normalized spacial score (nSPS) is 16.9. The van der Waals surface area contributed by atoms with E-state index in [-0.39, 0.29) is 42.7 Å². The van der Waals surface area contributed by atoms with Crippen LogP contribution in [0.5, 0.6) is 0 Å². The predicted molar refractivity (Wildman–Crippen MR) is 79.9 cm³/mol. The van der Waals surface area contributed by atoms with Crippen molar-refractivity contribution < 1.29 is 4.79 Å². The Bertz CT molecular complexity index is 353. The number of hydrogen-bond donors (Lipinski definition) is 2. The Morgan fingerprint density at radius 3 is 2.74 bits per heavy atom. The maximum atomic E-state index is 12.0. The molecule has 0 radical (unpaired) electrons. The molecule has 1 amide bonds. The first-order valence-corrected chi connectivity index (χ1v) is 6.22. The van der Waals surface area contributed by atoms with E-state index in [1.54, 1.807) is 12.5 Å². The predicted octanol–water partition coefficient (Wildman–Crippen LogP) is 1.23. The molecule has 2 N–H and O–H groups in total. The fourth-order valence-electron chi connectivity index (χ4n) is 2.20. The van der Waals surface area contributed by atoms with E-state index in [1.807, 2.05) is 17.7 Å². The van der Waals surface area contributed by atoms with Crippen molar-refractivity contribution in [3.8, 4) is 0 Å². The molecule has 2 rings (SSSR count). The molecule has 5 nitrogen and oxygen atoms in total. The number of aromatic nitrogens is 2. The number of amides is 1. The number of carbonyl (C=O) groups excluding carboxylic acids is 1. The molecule has 1 aliphatic heterocycles. The summed E-state index contributed by atoms with van der Waals surface area (Å²) in [5, 5.41) is 6.34. The van der Waals surface area contributed by atoms with E-state index in [2.05, 4.69) is 15.6 Å². The third-order valence-corrected chi connectivity index (χ3v) is 3.14. The van der Waals surface area contributed by atoms with Crippen molar-refractivity contribution in [1.82, 2.24) is 20.2 Å². The zero-order chi connectivity index (χ0) is 12.1. The van der Waals surface area contributed by atoms with Crippen molar-refractivity contribution in [3.05, 3.63) is 18.7 Å². The summed E-state index contributed by atoms with van der Waals surface area (Å²) in [5.74, 6) is 0.376. The Morgan fingerprint density at radius 1 is 1.47 bits per heavy atom. The zero-order valence-electron chi connectivity index (χ0n) is 11.0. The Balaban J connectivity index is 0.00000162.